The van der Waals surface area contributed by atoms with Gasteiger partial charge in [-0.1, -0.05) is 25.1 Å². The average molecular weight is 265 g/mol. The molecule has 0 amide bonds. The third kappa shape index (κ3) is 2.12. The van der Waals surface area contributed by atoms with Crippen LogP contribution in [0.15, 0.2) is 30.5 Å². The first-order valence-electron chi connectivity index (χ1n) is 7.25. The van der Waals surface area contributed by atoms with E-state index in [4.69, 9.17) is 0 Å². The molecule has 2 unspecified atom stereocenters. The summed E-state index contributed by atoms with van der Waals surface area (Å²) in [5.74, 6) is 0.671. The third-order valence-electron chi connectivity index (χ3n) is 4.27. The van der Waals surface area contributed by atoms with Gasteiger partial charge in [-0.05, 0) is 31.7 Å². The summed E-state index contributed by atoms with van der Waals surface area (Å²) in [7, 11) is 0. The lowest BCUT2D eigenvalue weighted by Gasteiger charge is -2.39. The molecule has 3 nitrogen and oxygen atoms in total. The highest BCUT2D eigenvalue weighted by Gasteiger charge is 2.26. The Morgan fingerprint density at radius 1 is 1.25 bits per heavy atom. The topological polar surface area (TPSA) is 39.9 Å². The van der Waals surface area contributed by atoms with E-state index in [-0.39, 0.29) is 0 Å². The number of hydrogen-bond acceptors (Lipinski definition) is 3. The molecule has 3 heteroatoms. The van der Waals surface area contributed by atoms with Crippen LogP contribution < -0.4 is 4.90 Å². The van der Waals surface area contributed by atoms with Gasteiger partial charge in [0.25, 0.3) is 0 Å². The van der Waals surface area contributed by atoms with E-state index in [1.54, 1.807) is 6.20 Å². The number of nitriles is 1. The summed E-state index contributed by atoms with van der Waals surface area (Å²) in [6.07, 6.45) is 4.16. The zero-order valence-corrected chi connectivity index (χ0v) is 12.0. The van der Waals surface area contributed by atoms with Gasteiger partial charge < -0.3 is 4.90 Å². The predicted molar refractivity (Wildman–Crippen MR) is 81.7 cm³/mol. The molecule has 2 atom stereocenters. The average Bonchev–Trinajstić information content (AvgIpc) is 2.48. The lowest BCUT2D eigenvalue weighted by atomic mass is 9.93. The van der Waals surface area contributed by atoms with Crippen molar-refractivity contribution in [3.05, 3.63) is 36.0 Å². The summed E-state index contributed by atoms with van der Waals surface area (Å²) in [6.45, 7) is 5.56. The molecule has 20 heavy (non-hydrogen) atoms. The molecular formula is C17H19N3. The number of aromatic nitrogens is 1. The largest absolute Gasteiger partial charge is 0.367 e. The van der Waals surface area contributed by atoms with E-state index in [1.807, 2.05) is 18.2 Å². The van der Waals surface area contributed by atoms with Crippen LogP contribution in [-0.2, 0) is 0 Å². The van der Waals surface area contributed by atoms with Crippen LogP contribution in [0.4, 0.5) is 5.69 Å². The van der Waals surface area contributed by atoms with Crippen LogP contribution in [0.25, 0.3) is 10.9 Å². The molecular weight excluding hydrogens is 246 g/mol. The van der Waals surface area contributed by atoms with Gasteiger partial charge in [-0.3, -0.25) is 4.98 Å². The number of pyridine rings is 1. The van der Waals surface area contributed by atoms with Crippen LogP contribution in [0.2, 0.25) is 0 Å². The highest BCUT2D eigenvalue weighted by molar-refractivity contribution is 5.94. The Kier molecular flexibility index (Phi) is 3.31. The predicted octanol–water partition coefficient (Wildman–Crippen LogP) is 3.73. The van der Waals surface area contributed by atoms with Gasteiger partial charge in [-0.2, -0.15) is 5.26 Å². The van der Waals surface area contributed by atoms with Crippen molar-refractivity contribution < 1.29 is 0 Å². The van der Waals surface area contributed by atoms with Gasteiger partial charge in [0, 0.05) is 24.2 Å². The standard InChI is InChI=1S/C17H19N3/c1-12-7-8-13(2)20(11-12)17-14(9-18)10-19-16-6-4-3-5-15(16)17/h3-6,10,12-13H,7-8,11H2,1-2H3. The summed E-state index contributed by atoms with van der Waals surface area (Å²) in [5.41, 5.74) is 2.72. The second-order valence-corrected chi connectivity index (χ2v) is 5.83. The van der Waals surface area contributed by atoms with Crippen LogP contribution >= 0.6 is 0 Å². The first-order valence-corrected chi connectivity index (χ1v) is 7.25. The van der Waals surface area contributed by atoms with Crippen molar-refractivity contribution in [2.45, 2.75) is 32.7 Å². The van der Waals surface area contributed by atoms with Crippen molar-refractivity contribution in [2.24, 2.45) is 5.92 Å². The fourth-order valence-corrected chi connectivity index (χ4v) is 3.12. The number of anilines is 1. The third-order valence-corrected chi connectivity index (χ3v) is 4.27. The van der Waals surface area contributed by atoms with Gasteiger partial charge in [-0.25, -0.2) is 0 Å². The lowest BCUT2D eigenvalue weighted by Crippen LogP contribution is -2.41. The molecule has 102 valence electrons. The SMILES string of the molecule is CC1CCC(C)N(c2c(C#N)cnc3ccccc23)C1. The smallest absolute Gasteiger partial charge is 0.103 e. The molecule has 1 aliphatic heterocycles. The molecule has 0 saturated carbocycles. The maximum Gasteiger partial charge on any atom is 0.103 e. The summed E-state index contributed by atoms with van der Waals surface area (Å²) in [5, 5.41) is 10.5. The van der Waals surface area contributed by atoms with E-state index >= 15 is 0 Å². The van der Waals surface area contributed by atoms with Gasteiger partial charge in [0.05, 0.1) is 16.8 Å². The summed E-state index contributed by atoms with van der Waals surface area (Å²) in [4.78, 5) is 6.80. The Morgan fingerprint density at radius 2 is 2.05 bits per heavy atom. The van der Waals surface area contributed by atoms with E-state index < -0.39 is 0 Å². The zero-order valence-electron chi connectivity index (χ0n) is 12.0. The Labute approximate surface area is 119 Å². The van der Waals surface area contributed by atoms with Gasteiger partial charge >= 0.3 is 0 Å². The van der Waals surface area contributed by atoms with Gasteiger partial charge in [0.15, 0.2) is 0 Å². The molecule has 0 radical (unpaired) electrons. The highest BCUT2D eigenvalue weighted by Crippen LogP contribution is 2.34. The van der Waals surface area contributed by atoms with Crippen molar-refractivity contribution in [2.75, 3.05) is 11.4 Å². The van der Waals surface area contributed by atoms with Crippen LogP contribution in [0.3, 0.4) is 0 Å². The zero-order chi connectivity index (χ0) is 14.1. The molecule has 0 N–H and O–H groups in total. The van der Waals surface area contributed by atoms with Gasteiger partial charge in [0.2, 0.25) is 0 Å². The molecule has 1 fully saturated rings. The number of nitrogens with zero attached hydrogens (tertiary/aromatic N) is 3. The molecule has 1 aromatic heterocycles. The first kappa shape index (κ1) is 12.9. The maximum absolute atomic E-state index is 9.44. The van der Waals surface area contributed by atoms with Crippen molar-refractivity contribution in [1.82, 2.24) is 4.98 Å². The number of benzene rings is 1. The Bertz CT molecular complexity index is 671. The molecule has 0 bridgehead atoms. The number of fused-ring (bicyclic) bond motifs is 1. The lowest BCUT2D eigenvalue weighted by molar-refractivity contribution is 0.391. The fourth-order valence-electron chi connectivity index (χ4n) is 3.12. The second-order valence-electron chi connectivity index (χ2n) is 5.83. The molecule has 1 saturated heterocycles. The van der Waals surface area contributed by atoms with E-state index in [1.165, 1.54) is 12.8 Å². The summed E-state index contributed by atoms with van der Waals surface area (Å²) in [6, 6.07) is 10.9. The maximum atomic E-state index is 9.44. The minimum absolute atomic E-state index is 0.476. The minimum Gasteiger partial charge on any atom is -0.367 e. The highest BCUT2D eigenvalue weighted by atomic mass is 15.2. The fraction of sp³-hybridized carbons (Fsp3) is 0.412. The Morgan fingerprint density at radius 3 is 2.85 bits per heavy atom. The molecule has 2 heterocycles. The van der Waals surface area contributed by atoms with Crippen LogP contribution in [0.5, 0.6) is 0 Å². The van der Waals surface area contributed by atoms with E-state index in [2.05, 4.69) is 35.9 Å². The van der Waals surface area contributed by atoms with E-state index in [0.717, 1.165) is 23.1 Å². The molecule has 1 aromatic carbocycles. The number of piperidine rings is 1. The van der Waals surface area contributed by atoms with Crippen molar-refractivity contribution in [1.29, 1.82) is 5.26 Å². The van der Waals surface area contributed by atoms with Crippen molar-refractivity contribution in [3.8, 4) is 6.07 Å². The summed E-state index contributed by atoms with van der Waals surface area (Å²) >= 11 is 0. The Balaban J connectivity index is 2.20. The van der Waals surface area contributed by atoms with Crippen molar-refractivity contribution in [3.63, 3.8) is 0 Å². The molecule has 2 aromatic rings. The van der Waals surface area contributed by atoms with E-state index in [9.17, 15) is 5.26 Å². The quantitative estimate of drug-likeness (QED) is 0.788. The van der Waals surface area contributed by atoms with Gasteiger partial charge in [0.1, 0.15) is 6.07 Å². The molecule has 3 rings (SSSR count). The number of rotatable bonds is 1. The normalized spacial score (nSPS) is 22.8. The van der Waals surface area contributed by atoms with Crippen LogP contribution in [0, 0.1) is 17.2 Å². The molecule has 0 aliphatic carbocycles. The number of para-hydroxylation sites is 1. The first-order chi connectivity index (χ1) is 9.70. The summed E-state index contributed by atoms with van der Waals surface area (Å²) < 4.78 is 0. The minimum atomic E-state index is 0.476. The number of hydrogen-bond donors (Lipinski definition) is 0. The molecule has 0 spiro atoms. The van der Waals surface area contributed by atoms with Crippen LogP contribution in [0.1, 0.15) is 32.3 Å². The monoisotopic (exact) mass is 265 g/mol. The van der Waals surface area contributed by atoms with Crippen molar-refractivity contribution >= 4 is 16.6 Å². The van der Waals surface area contributed by atoms with Crippen LogP contribution in [-0.4, -0.2) is 17.6 Å². The van der Waals surface area contributed by atoms with Gasteiger partial charge in [-0.15, -0.1) is 0 Å². The van der Waals surface area contributed by atoms with E-state index in [0.29, 0.717) is 17.5 Å². The Hall–Kier alpha value is -2.08. The molecule has 1 aliphatic rings. The second kappa shape index (κ2) is 5.13.